The van der Waals surface area contributed by atoms with E-state index in [1.165, 1.54) is 0 Å². The van der Waals surface area contributed by atoms with Gasteiger partial charge in [0.1, 0.15) is 13.1 Å². The van der Waals surface area contributed by atoms with E-state index in [9.17, 15) is 9.59 Å². The Balaban J connectivity index is 1.69. The topological polar surface area (TPSA) is 83.5 Å². The minimum absolute atomic E-state index is 0.00593. The van der Waals surface area contributed by atoms with Crippen molar-refractivity contribution in [3.8, 4) is 0 Å². The maximum absolute atomic E-state index is 12.6. The SMILES string of the molecule is CCCC[n+]1ccc(C(=O)c2n[nH]c(C(=O)c3cc[n+](CCCC)cc3)n2)cc1. The third-order valence-corrected chi connectivity index (χ3v) is 4.75. The van der Waals surface area contributed by atoms with Crippen LogP contribution in [0.3, 0.4) is 0 Å². The van der Waals surface area contributed by atoms with Crippen molar-refractivity contribution in [1.82, 2.24) is 15.2 Å². The minimum atomic E-state index is -0.312. The summed E-state index contributed by atoms with van der Waals surface area (Å²) >= 11 is 0. The number of unbranched alkanes of at least 4 members (excludes halogenated alkanes) is 2. The number of ketones is 2. The molecule has 1 N–H and O–H groups in total. The van der Waals surface area contributed by atoms with E-state index in [1.807, 2.05) is 33.9 Å². The van der Waals surface area contributed by atoms with Crippen LogP contribution in [0.5, 0.6) is 0 Å². The van der Waals surface area contributed by atoms with Gasteiger partial charge in [0.2, 0.25) is 17.4 Å². The first-order chi connectivity index (χ1) is 14.1. The van der Waals surface area contributed by atoms with Gasteiger partial charge in [0, 0.05) is 48.2 Å². The lowest BCUT2D eigenvalue weighted by atomic mass is 10.1. The average molecular weight is 393 g/mol. The molecule has 150 valence electrons. The first kappa shape index (κ1) is 20.5. The number of nitrogens with zero attached hydrogens (tertiary/aromatic N) is 4. The van der Waals surface area contributed by atoms with Gasteiger partial charge >= 0.3 is 0 Å². The first-order valence-corrected chi connectivity index (χ1v) is 10.1. The number of rotatable bonds is 10. The van der Waals surface area contributed by atoms with E-state index in [2.05, 4.69) is 29.0 Å². The molecule has 3 heterocycles. The van der Waals surface area contributed by atoms with Crippen LogP contribution in [-0.4, -0.2) is 26.7 Å². The van der Waals surface area contributed by atoms with Crippen molar-refractivity contribution in [1.29, 1.82) is 0 Å². The van der Waals surface area contributed by atoms with E-state index in [4.69, 9.17) is 0 Å². The Labute approximate surface area is 170 Å². The Morgan fingerprint density at radius 3 is 1.79 bits per heavy atom. The van der Waals surface area contributed by atoms with Crippen LogP contribution >= 0.6 is 0 Å². The van der Waals surface area contributed by atoms with E-state index in [1.54, 1.807) is 24.3 Å². The van der Waals surface area contributed by atoms with E-state index >= 15 is 0 Å². The molecule has 0 aliphatic carbocycles. The lowest BCUT2D eigenvalue weighted by Gasteiger charge is -1.98. The van der Waals surface area contributed by atoms with Gasteiger partial charge < -0.3 is 0 Å². The van der Waals surface area contributed by atoms with Crippen LogP contribution < -0.4 is 9.13 Å². The van der Waals surface area contributed by atoms with Gasteiger partial charge in [-0.25, -0.2) is 14.1 Å². The van der Waals surface area contributed by atoms with Crippen LogP contribution in [0.4, 0.5) is 0 Å². The summed E-state index contributed by atoms with van der Waals surface area (Å²) in [5, 5.41) is 6.55. The standard InChI is InChI=1S/C22H26N5O2/c1-3-5-11-26-13-7-17(8-14-26)19(28)21-23-22(25-24-21)20(29)18-9-15-27(16-10-18)12-6-4-2/h7-10,13-16H,3-6,11-12H2,1-2H3/q+1/p+1. The summed E-state index contributed by atoms with van der Waals surface area (Å²) in [7, 11) is 0. The van der Waals surface area contributed by atoms with Gasteiger partial charge in [-0.15, -0.1) is 5.10 Å². The van der Waals surface area contributed by atoms with E-state index in [0.717, 1.165) is 38.8 Å². The molecular weight excluding hydrogens is 366 g/mol. The Hall–Kier alpha value is -3.22. The van der Waals surface area contributed by atoms with Gasteiger partial charge in [0.15, 0.2) is 30.6 Å². The van der Waals surface area contributed by atoms with Crippen LogP contribution in [0.2, 0.25) is 0 Å². The highest BCUT2D eigenvalue weighted by molar-refractivity contribution is 6.09. The second-order valence-corrected chi connectivity index (χ2v) is 7.02. The number of aromatic nitrogens is 5. The van der Waals surface area contributed by atoms with Crippen molar-refractivity contribution >= 4 is 11.6 Å². The number of nitrogens with one attached hydrogen (secondary N) is 1. The summed E-state index contributed by atoms with van der Waals surface area (Å²) in [5.74, 6) is -0.541. The molecule has 0 aromatic carbocycles. The summed E-state index contributed by atoms with van der Waals surface area (Å²) in [6, 6.07) is 7.02. The molecule has 3 rings (SSSR count). The van der Waals surface area contributed by atoms with Gasteiger partial charge in [-0.3, -0.25) is 14.7 Å². The lowest BCUT2D eigenvalue weighted by Crippen LogP contribution is -2.32. The fourth-order valence-electron chi connectivity index (χ4n) is 2.93. The highest BCUT2D eigenvalue weighted by atomic mass is 16.1. The molecule has 3 aromatic rings. The average Bonchev–Trinajstić information content (AvgIpc) is 3.26. The minimum Gasteiger partial charge on any atom is -0.285 e. The quantitative estimate of drug-likeness (QED) is 0.424. The number of pyridine rings is 2. The van der Waals surface area contributed by atoms with Crippen molar-refractivity contribution in [3.63, 3.8) is 0 Å². The van der Waals surface area contributed by atoms with Gasteiger partial charge in [-0.2, -0.15) is 0 Å². The molecule has 0 bridgehead atoms. The summed E-state index contributed by atoms with van der Waals surface area (Å²) in [5.41, 5.74) is 0.997. The number of aryl methyl sites for hydroxylation is 2. The molecular formula is C22H27N5O2+2. The lowest BCUT2D eigenvalue weighted by molar-refractivity contribution is -0.697. The van der Waals surface area contributed by atoms with E-state index < -0.39 is 0 Å². The largest absolute Gasteiger partial charge is 0.285 e. The summed E-state index contributed by atoms with van der Waals surface area (Å²) < 4.78 is 4.08. The van der Waals surface area contributed by atoms with Crippen LogP contribution in [0.1, 0.15) is 71.9 Å². The van der Waals surface area contributed by atoms with Crippen molar-refractivity contribution in [2.24, 2.45) is 0 Å². The maximum Gasteiger partial charge on any atom is 0.232 e. The van der Waals surface area contributed by atoms with E-state index in [0.29, 0.717) is 11.1 Å². The summed E-state index contributed by atoms with van der Waals surface area (Å²) in [4.78, 5) is 29.4. The van der Waals surface area contributed by atoms with Crippen LogP contribution in [0, 0.1) is 0 Å². The fourth-order valence-corrected chi connectivity index (χ4v) is 2.93. The van der Waals surface area contributed by atoms with Crippen LogP contribution in [0.15, 0.2) is 49.1 Å². The zero-order valence-electron chi connectivity index (χ0n) is 17.0. The van der Waals surface area contributed by atoms with Crippen molar-refractivity contribution in [2.45, 2.75) is 52.6 Å². The molecule has 0 amide bonds. The predicted octanol–water partition coefficient (Wildman–Crippen LogP) is 2.44. The number of hydrogen-bond donors (Lipinski definition) is 1. The molecule has 0 atom stereocenters. The molecule has 3 aromatic heterocycles. The molecule has 7 heteroatoms. The normalized spacial score (nSPS) is 10.8. The number of hydrogen-bond acceptors (Lipinski definition) is 4. The molecule has 0 unspecified atom stereocenters. The van der Waals surface area contributed by atoms with Crippen molar-refractivity contribution < 1.29 is 18.7 Å². The molecule has 0 aliphatic rings. The van der Waals surface area contributed by atoms with Crippen LogP contribution in [-0.2, 0) is 13.1 Å². The number of aromatic amines is 1. The van der Waals surface area contributed by atoms with Crippen LogP contribution in [0.25, 0.3) is 0 Å². The first-order valence-electron chi connectivity index (χ1n) is 10.1. The van der Waals surface area contributed by atoms with Gasteiger partial charge in [-0.1, -0.05) is 26.7 Å². The molecule has 0 saturated heterocycles. The second kappa shape index (κ2) is 9.82. The zero-order valence-corrected chi connectivity index (χ0v) is 17.0. The molecule has 0 spiro atoms. The fraction of sp³-hybridized carbons (Fsp3) is 0.364. The molecule has 0 aliphatic heterocycles. The van der Waals surface area contributed by atoms with Gasteiger partial charge in [0.25, 0.3) is 0 Å². The second-order valence-electron chi connectivity index (χ2n) is 7.02. The van der Waals surface area contributed by atoms with Crippen molar-refractivity contribution in [2.75, 3.05) is 0 Å². The Morgan fingerprint density at radius 1 is 0.828 bits per heavy atom. The third kappa shape index (κ3) is 5.19. The number of carbonyl (C=O) groups excluding carboxylic acids is 2. The van der Waals surface area contributed by atoms with Crippen molar-refractivity contribution in [3.05, 3.63) is 71.8 Å². The Morgan fingerprint density at radius 2 is 1.31 bits per heavy atom. The third-order valence-electron chi connectivity index (χ3n) is 4.75. The smallest absolute Gasteiger partial charge is 0.232 e. The van der Waals surface area contributed by atoms with E-state index in [-0.39, 0.29) is 23.2 Å². The molecule has 0 radical (unpaired) electrons. The summed E-state index contributed by atoms with van der Waals surface area (Å²) in [6.07, 6.45) is 11.9. The Kier molecular flexibility index (Phi) is 6.94. The predicted molar refractivity (Wildman–Crippen MR) is 106 cm³/mol. The zero-order chi connectivity index (χ0) is 20.6. The molecule has 0 fully saturated rings. The highest BCUT2D eigenvalue weighted by Crippen LogP contribution is 2.08. The molecule has 29 heavy (non-hydrogen) atoms. The highest BCUT2D eigenvalue weighted by Gasteiger charge is 2.20. The maximum atomic E-state index is 12.6. The number of carbonyl (C=O) groups is 2. The molecule has 0 saturated carbocycles. The van der Waals surface area contributed by atoms with Gasteiger partial charge in [-0.05, 0) is 0 Å². The monoisotopic (exact) mass is 393 g/mol. The Bertz CT molecular complexity index is 884. The van der Waals surface area contributed by atoms with Gasteiger partial charge in [0.05, 0.1) is 0 Å². The number of H-pyrrole nitrogens is 1. The summed E-state index contributed by atoms with van der Waals surface area (Å²) in [6.45, 7) is 6.11. The molecule has 7 nitrogen and oxygen atoms in total.